The molecule has 5 atom stereocenters. The van der Waals surface area contributed by atoms with Crippen molar-refractivity contribution in [1.82, 2.24) is 0 Å². The van der Waals surface area contributed by atoms with Gasteiger partial charge in [-0.25, -0.2) is 0 Å². The standard InChI is InChI=1S/C9H15N3O5/c1-9(2)16-7-5(14)6(15-8(7)17-9)4(13)3-11-12-10/h4-8,13-14H,3H2,1-2H3/t4-,5-,6-,7-,8-/m0/s1. The van der Waals surface area contributed by atoms with E-state index in [1.807, 2.05) is 0 Å². The van der Waals surface area contributed by atoms with E-state index < -0.39 is 36.5 Å². The second-order valence-electron chi connectivity index (χ2n) is 4.54. The van der Waals surface area contributed by atoms with Gasteiger partial charge in [0.25, 0.3) is 0 Å². The highest BCUT2D eigenvalue weighted by atomic mass is 16.8. The lowest BCUT2D eigenvalue weighted by Gasteiger charge is -2.25. The van der Waals surface area contributed by atoms with Gasteiger partial charge in [0.15, 0.2) is 12.1 Å². The SMILES string of the molecule is CC1(C)O[C@@H]2O[C@@H]([C@@H](O)CN=[N+]=[N-])[C@H](O)[C@@H]2O1. The monoisotopic (exact) mass is 245 g/mol. The van der Waals surface area contributed by atoms with E-state index in [9.17, 15) is 10.2 Å². The number of nitrogens with zero attached hydrogens (tertiary/aromatic N) is 3. The fraction of sp³-hybridized carbons (Fsp3) is 1.00. The summed E-state index contributed by atoms with van der Waals surface area (Å²) in [5.74, 6) is -0.808. The molecule has 2 aliphatic heterocycles. The third-order valence-electron chi connectivity index (χ3n) is 2.76. The first-order chi connectivity index (χ1) is 7.94. The van der Waals surface area contributed by atoms with Crippen LogP contribution in [0.15, 0.2) is 5.11 Å². The van der Waals surface area contributed by atoms with Gasteiger partial charge in [-0.05, 0) is 19.4 Å². The molecule has 8 heteroatoms. The van der Waals surface area contributed by atoms with Crippen LogP contribution in [0, 0.1) is 0 Å². The molecule has 2 fully saturated rings. The summed E-state index contributed by atoms with van der Waals surface area (Å²) in [7, 11) is 0. The third-order valence-corrected chi connectivity index (χ3v) is 2.76. The minimum absolute atomic E-state index is 0.166. The van der Waals surface area contributed by atoms with Crippen molar-refractivity contribution >= 4 is 0 Å². The molecule has 0 aromatic heterocycles. The average molecular weight is 245 g/mol. The van der Waals surface area contributed by atoms with E-state index in [-0.39, 0.29) is 6.54 Å². The summed E-state index contributed by atoms with van der Waals surface area (Å²) in [6.07, 6.45) is -4.29. The van der Waals surface area contributed by atoms with Crippen LogP contribution >= 0.6 is 0 Å². The molecule has 96 valence electrons. The molecule has 0 aromatic carbocycles. The van der Waals surface area contributed by atoms with E-state index in [0.717, 1.165) is 0 Å². The van der Waals surface area contributed by atoms with Crippen molar-refractivity contribution in [2.24, 2.45) is 5.11 Å². The molecule has 0 amide bonds. The first kappa shape index (κ1) is 12.6. The molecule has 17 heavy (non-hydrogen) atoms. The van der Waals surface area contributed by atoms with Crippen LogP contribution in [0.2, 0.25) is 0 Å². The molecule has 0 spiro atoms. The molecule has 2 aliphatic rings. The predicted molar refractivity (Wildman–Crippen MR) is 54.7 cm³/mol. The summed E-state index contributed by atoms with van der Waals surface area (Å²) >= 11 is 0. The van der Waals surface area contributed by atoms with E-state index in [1.54, 1.807) is 13.8 Å². The fourth-order valence-corrected chi connectivity index (χ4v) is 2.06. The number of aliphatic hydroxyl groups excluding tert-OH is 2. The first-order valence-electron chi connectivity index (χ1n) is 5.33. The van der Waals surface area contributed by atoms with E-state index in [2.05, 4.69) is 10.0 Å². The largest absolute Gasteiger partial charge is 0.390 e. The second-order valence-corrected chi connectivity index (χ2v) is 4.54. The van der Waals surface area contributed by atoms with Gasteiger partial charge in [0.1, 0.15) is 18.3 Å². The van der Waals surface area contributed by atoms with Gasteiger partial charge in [0.05, 0.1) is 12.6 Å². The molecule has 0 unspecified atom stereocenters. The third kappa shape index (κ3) is 2.37. The van der Waals surface area contributed by atoms with Gasteiger partial charge in [-0.15, -0.1) is 0 Å². The minimum atomic E-state index is -1.08. The smallest absolute Gasteiger partial charge is 0.190 e. The lowest BCUT2D eigenvalue weighted by Crippen LogP contribution is -2.42. The van der Waals surface area contributed by atoms with Crippen molar-refractivity contribution in [2.75, 3.05) is 6.54 Å². The molecule has 0 aromatic rings. The highest BCUT2D eigenvalue weighted by Gasteiger charge is 2.55. The van der Waals surface area contributed by atoms with Crippen molar-refractivity contribution < 1.29 is 24.4 Å². The van der Waals surface area contributed by atoms with Crippen LogP contribution in [0.4, 0.5) is 0 Å². The highest BCUT2D eigenvalue weighted by molar-refractivity contribution is 4.96. The Morgan fingerprint density at radius 2 is 2.18 bits per heavy atom. The van der Waals surface area contributed by atoms with Crippen LogP contribution in [0.25, 0.3) is 10.4 Å². The lowest BCUT2D eigenvalue weighted by atomic mass is 10.1. The van der Waals surface area contributed by atoms with Crippen molar-refractivity contribution in [1.29, 1.82) is 0 Å². The van der Waals surface area contributed by atoms with E-state index in [1.165, 1.54) is 0 Å². The van der Waals surface area contributed by atoms with Gasteiger partial charge < -0.3 is 24.4 Å². The van der Waals surface area contributed by atoms with E-state index in [4.69, 9.17) is 19.7 Å². The number of azide groups is 1. The summed E-state index contributed by atoms with van der Waals surface area (Å²) in [6.45, 7) is 3.26. The van der Waals surface area contributed by atoms with Crippen LogP contribution in [0.3, 0.4) is 0 Å². The quantitative estimate of drug-likeness (QED) is 0.409. The molecule has 2 N–H and O–H groups in total. The van der Waals surface area contributed by atoms with E-state index in [0.29, 0.717) is 0 Å². The zero-order valence-electron chi connectivity index (χ0n) is 9.55. The summed E-state index contributed by atoms with van der Waals surface area (Å²) in [5.41, 5.74) is 8.15. The number of hydrogen-bond acceptors (Lipinski definition) is 6. The number of ether oxygens (including phenoxy) is 3. The topological polar surface area (TPSA) is 117 Å². The van der Waals surface area contributed by atoms with Crippen molar-refractivity contribution in [3.05, 3.63) is 10.4 Å². The van der Waals surface area contributed by atoms with Crippen molar-refractivity contribution in [3.8, 4) is 0 Å². The number of hydrogen-bond donors (Lipinski definition) is 2. The fourth-order valence-electron chi connectivity index (χ4n) is 2.06. The van der Waals surface area contributed by atoms with Crippen LogP contribution < -0.4 is 0 Å². The molecule has 0 aliphatic carbocycles. The number of rotatable bonds is 3. The van der Waals surface area contributed by atoms with Crippen LogP contribution in [0.1, 0.15) is 13.8 Å². The maximum absolute atomic E-state index is 9.94. The highest BCUT2D eigenvalue weighted by Crippen LogP contribution is 2.38. The Kier molecular flexibility index (Phi) is 3.26. The zero-order valence-corrected chi connectivity index (χ0v) is 9.55. The average Bonchev–Trinajstić information content (AvgIpc) is 2.70. The Morgan fingerprint density at radius 1 is 1.47 bits per heavy atom. The van der Waals surface area contributed by atoms with Gasteiger partial charge in [-0.3, -0.25) is 0 Å². The number of fused-ring (bicyclic) bond motifs is 1. The Labute approximate surface area is 97.7 Å². The van der Waals surface area contributed by atoms with Crippen molar-refractivity contribution in [3.63, 3.8) is 0 Å². The summed E-state index contributed by atoms with van der Waals surface area (Å²) in [4.78, 5) is 2.53. The van der Waals surface area contributed by atoms with E-state index >= 15 is 0 Å². The minimum Gasteiger partial charge on any atom is -0.390 e. The molecular weight excluding hydrogens is 230 g/mol. The summed E-state index contributed by atoms with van der Waals surface area (Å²) in [5, 5.41) is 22.8. The van der Waals surface area contributed by atoms with Crippen LogP contribution in [-0.2, 0) is 14.2 Å². The molecule has 2 rings (SSSR count). The van der Waals surface area contributed by atoms with Crippen LogP contribution in [-0.4, -0.2) is 53.3 Å². The zero-order chi connectivity index (χ0) is 12.6. The maximum Gasteiger partial charge on any atom is 0.190 e. The Bertz CT molecular complexity index is 344. The molecule has 0 saturated carbocycles. The Hall–Kier alpha value is -0.890. The molecule has 0 radical (unpaired) electrons. The Balaban J connectivity index is 2.00. The van der Waals surface area contributed by atoms with Gasteiger partial charge in [-0.1, -0.05) is 5.11 Å². The van der Waals surface area contributed by atoms with Gasteiger partial charge in [-0.2, -0.15) is 0 Å². The van der Waals surface area contributed by atoms with Crippen LogP contribution in [0.5, 0.6) is 0 Å². The Morgan fingerprint density at radius 3 is 2.76 bits per heavy atom. The molecular formula is C9H15N3O5. The normalized spacial score (nSPS) is 40.7. The molecule has 0 bridgehead atoms. The maximum atomic E-state index is 9.94. The molecule has 2 saturated heterocycles. The first-order valence-corrected chi connectivity index (χ1v) is 5.33. The van der Waals surface area contributed by atoms with Gasteiger partial charge >= 0.3 is 0 Å². The summed E-state index contributed by atoms with van der Waals surface area (Å²) in [6, 6.07) is 0. The predicted octanol–water partition coefficient (Wildman–Crippen LogP) is -0.105. The van der Waals surface area contributed by atoms with Gasteiger partial charge in [0, 0.05) is 4.91 Å². The molecule has 2 heterocycles. The second kappa shape index (κ2) is 4.41. The van der Waals surface area contributed by atoms with Gasteiger partial charge in [0.2, 0.25) is 0 Å². The van der Waals surface area contributed by atoms with Crippen molar-refractivity contribution in [2.45, 2.75) is 50.3 Å². The molecule has 8 nitrogen and oxygen atoms in total. The number of aliphatic hydroxyl groups is 2. The summed E-state index contributed by atoms with van der Waals surface area (Å²) < 4.78 is 16.2. The lowest BCUT2D eigenvalue weighted by molar-refractivity contribution is -0.224.